The maximum Gasteiger partial charge on any atom is 0.0426 e. The smallest absolute Gasteiger partial charge is 0.0426 e. The lowest BCUT2D eigenvalue weighted by Crippen LogP contribution is -2.17. The molecule has 106 valence electrons. The summed E-state index contributed by atoms with van der Waals surface area (Å²) in [6.45, 7) is 5.94. The van der Waals surface area contributed by atoms with Crippen molar-refractivity contribution in [3.63, 3.8) is 0 Å². The molecule has 20 heavy (non-hydrogen) atoms. The van der Waals surface area contributed by atoms with E-state index in [-0.39, 0.29) is 0 Å². The average molecular weight is 268 g/mol. The van der Waals surface area contributed by atoms with Crippen molar-refractivity contribution in [1.82, 2.24) is 0 Å². The van der Waals surface area contributed by atoms with Crippen LogP contribution in [0, 0.1) is 13.8 Å². The highest BCUT2D eigenvalue weighted by Crippen LogP contribution is 2.22. The predicted octanol–water partition coefficient (Wildman–Crippen LogP) is 3.44. The molecule has 0 spiro atoms. The van der Waals surface area contributed by atoms with Crippen LogP contribution in [0.2, 0.25) is 0 Å². The van der Waals surface area contributed by atoms with Crippen LogP contribution in [0.5, 0.6) is 0 Å². The van der Waals surface area contributed by atoms with E-state index in [4.69, 9.17) is 5.73 Å². The number of benzene rings is 2. The third-order valence-electron chi connectivity index (χ3n) is 3.61. The molecule has 0 heterocycles. The minimum Gasteiger partial charge on any atom is -0.370 e. The second kappa shape index (κ2) is 6.58. The Morgan fingerprint density at radius 1 is 1.00 bits per heavy atom. The van der Waals surface area contributed by atoms with Crippen molar-refractivity contribution in [3.05, 3.63) is 64.7 Å². The van der Waals surface area contributed by atoms with E-state index in [9.17, 15) is 0 Å². The highest BCUT2D eigenvalue weighted by atomic mass is 15.1. The zero-order valence-corrected chi connectivity index (χ0v) is 12.7. The average Bonchev–Trinajstić information content (AvgIpc) is 2.39. The maximum absolute atomic E-state index is 5.61. The lowest BCUT2D eigenvalue weighted by Gasteiger charge is -2.22. The molecule has 2 aromatic rings. The van der Waals surface area contributed by atoms with Gasteiger partial charge in [-0.05, 0) is 49.6 Å². The quantitative estimate of drug-likeness (QED) is 0.900. The molecule has 2 rings (SSSR count). The Kier molecular flexibility index (Phi) is 4.80. The first kappa shape index (κ1) is 14.6. The minimum atomic E-state index is 0.706. The molecule has 0 fully saturated rings. The van der Waals surface area contributed by atoms with Gasteiger partial charge in [0.05, 0.1) is 0 Å². The van der Waals surface area contributed by atoms with Gasteiger partial charge in [0.2, 0.25) is 0 Å². The normalized spacial score (nSPS) is 10.6. The molecule has 0 unspecified atom stereocenters. The second-order valence-corrected chi connectivity index (χ2v) is 5.50. The molecule has 0 saturated heterocycles. The first-order valence-electron chi connectivity index (χ1n) is 7.16. The number of hydrogen-bond acceptors (Lipinski definition) is 2. The fraction of sp³-hybridized carbons (Fsp3) is 0.333. The van der Waals surface area contributed by atoms with Crippen molar-refractivity contribution in [1.29, 1.82) is 0 Å². The van der Waals surface area contributed by atoms with Crippen molar-refractivity contribution in [2.24, 2.45) is 5.73 Å². The van der Waals surface area contributed by atoms with Gasteiger partial charge in [-0.2, -0.15) is 0 Å². The SMILES string of the molecule is Cc1cccc(CN(C)c2ccc(CCN)cc2C)c1. The summed E-state index contributed by atoms with van der Waals surface area (Å²) in [5.74, 6) is 0. The molecule has 0 amide bonds. The molecule has 0 aliphatic rings. The van der Waals surface area contributed by atoms with Crippen LogP contribution in [0.4, 0.5) is 5.69 Å². The highest BCUT2D eigenvalue weighted by Gasteiger charge is 2.06. The third kappa shape index (κ3) is 3.61. The van der Waals surface area contributed by atoms with E-state index in [0.717, 1.165) is 13.0 Å². The van der Waals surface area contributed by atoms with Crippen LogP contribution in [0.15, 0.2) is 42.5 Å². The molecule has 2 N–H and O–H groups in total. The van der Waals surface area contributed by atoms with Crippen molar-refractivity contribution < 1.29 is 0 Å². The highest BCUT2D eigenvalue weighted by molar-refractivity contribution is 5.54. The predicted molar refractivity (Wildman–Crippen MR) is 87.2 cm³/mol. The molecule has 0 radical (unpaired) electrons. The zero-order valence-electron chi connectivity index (χ0n) is 12.7. The molecule has 0 aliphatic heterocycles. The summed E-state index contributed by atoms with van der Waals surface area (Å²) in [5, 5.41) is 0. The lowest BCUT2D eigenvalue weighted by molar-refractivity contribution is 0.911. The van der Waals surface area contributed by atoms with Crippen LogP contribution in [0.25, 0.3) is 0 Å². The van der Waals surface area contributed by atoms with Gasteiger partial charge in [-0.25, -0.2) is 0 Å². The van der Waals surface area contributed by atoms with Crippen LogP contribution in [-0.2, 0) is 13.0 Å². The Bertz CT molecular complexity index is 575. The standard InChI is InChI=1S/C18H24N2/c1-14-5-4-6-17(11-14)13-20(3)18-8-7-16(9-10-19)12-15(18)2/h4-8,11-12H,9-10,13,19H2,1-3H3. The van der Waals surface area contributed by atoms with Gasteiger partial charge < -0.3 is 10.6 Å². The molecule has 0 saturated carbocycles. The first-order chi connectivity index (χ1) is 9.60. The monoisotopic (exact) mass is 268 g/mol. The van der Waals surface area contributed by atoms with E-state index in [1.807, 2.05) is 0 Å². The minimum absolute atomic E-state index is 0.706. The van der Waals surface area contributed by atoms with Crippen LogP contribution >= 0.6 is 0 Å². The van der Waals surface area contributed by atoms with Crippen LogP contribution in [-0.4, -0.2) is 13.6 Å². The van der Waals surface area contributed by atoms with E-state index < -0.39 is 0 Å². The van der Waals surface area contributed by atoms with Crippen molar-refractivity contribution in [2.75, 3.05) is 18.5 Å². The van der Waals surface area contributed by atoms with Gasteiger partial charge in [0.1, 0.15) is 0 Å². The molecule has 2 heteroatoms. The second-order valence-electron chi connectivity index (χ2n) is 5.50. The summed E-state index contributed by atoms with van der Waals surface area (Å²) in [6.07, 6.45) is 0.947. The zero-order chi connectivity index (χ0) is 14.5. The summed E-state index contributed by atoms with van der Waals surface area (Å²) in [7, 11) is 2.15. The van der Waals surface area contributed by atoms with E-state index in [1.165, 1.54) is 27.9 Å². The number of hydrogen-bond donors (Lipinski definition) is 1. The molecular weight excluding hydrogens is 244 g/mol. The van der Waals surface area contributed by atoms with Crippen molar-refractivity contribution in [3.8, 4) is 0 Å². The molecule has 0 bridgehead atoms. The van der Waals surface area contributed by atoms with Gasteiger partial charge in [0, 0.05) is 19.3 Å². The number of aryl methyl sites for hydroxylation is 2. The topological polar surface area (TPSA) is 29.3 Å². The Labute approximate surface area is 122 Å². The van der Waals surface area contributed by atoms with Gasteiger partial charge in [-0.15, -0.1) is 0 Å². The van der Waals surface area contributed by atoms with E-state index in [0.29, 0.717) is 6.54 Å². The lowest BCUT2D eigenvalue weighted by atomic mass is 10.1. The van der Waals surface area contributed by atoms with Crippen LogP contribution in [0.1, 0.15) is 22.3 Å². The Morgan fingerprint density at radius 3 is 2.45 bits per heavy atom. The Morgan fingerprint density at radius 2 is 1.80 bits per heavy atom. The summed E-state index contributed by atoms with van der Waals surface area (Å²) in [6, 6.07) is 15.3. The molecule has 0 aromatic heterocycles. The van der Waals surface area contributed by atoms with Crippen LogP contribution < -0.4 is 10.6 Å². The number of nitrogens with zero attached hydrogens (tertiary/aromatic N) is 1. The van der Waals surface area contributed by atoms with Gasteiger partial charge in [-0.3, -0.25) is 0 Å². The molecule has 2 nitrogen and oxygen atoms in total. The third-order valence-corrected chi connectivity index (χ3v) is 3.61. The van der Waals surface area contributed by atoms with Gasteiger partial charge in [0.15, 0.2) is 0 Å². The number of nitrogens with two attached hydrogens (primary N) is 1. The summed E-state index contributed by atoms with van der Waals surface area (Å²) >= 11 is 0. The van der Waals surface area contributed by atoms with Crippen molar-refractivity contribution >= 4 is 5.69 Å². The fourth-order valence-corrected chi connectivity index (χ4v) is 2.64. The molecule has 0 aliphatic carbocycles. The summed E-state index contributed by atoms with van der Waals surface area (Å²) in [4.78, 5) is 2.30. The first-order valence-corrected chi connectivity index (χ1v) is 7.16. The molecule has 2 aromatic carbocycles. The van der Waals surface area contributed by atoms with E-state index in [2.05, 4.69) is 68.3 Å². The largest absolute Gasteiger partial charge is 0.370 e. The van der Waals surface area contributed by atoms with Gasteiger partial charge >= 0.3 is 0 Å². The Balaban J connectivity index is 2.14. The Hall–Kier alpha value is -1.80. The van der Waals surface area contributed by atoms with Crippen LogP contribution in [0.3, 0.4) is 0 Å². The summed E-state index contributed by atoms with van der Waals surface area (Å²) in [5.41, 5.74) is 12.2. The molecule has 0 atom stereocenters. The maximum atomic E-state index is 5.61. The molecular formula is C18H24N2. The van der Waals surface area contributed by atoms with Gasteiger partial charge in [0.25, 0.3) is 0 Å². The van der Waals surface area contributed by atoms with Crippen molar-refractivity contribution in [2.45, 2.75) is 26.8 Å². The van der Waals surface area contributed by atoms with E-state index >= 15 is 0 Å². The van der Waals surface area contributed by atoms with E-state index in [1.54, 1.807) is 0 Å². The fourth-order valence-electron chi connectivity index (χ4n) is 2.64. The summed E-state index contributed by atoms with van der Waals surface area (Å²) < 4.78 is 0. The number of rotatable bonds is 5. The number of anilines is 1. The van der Waals surface area contributed by atoms with Gasteiger partial charge in [-0.1, -0.05) is 42.0 Å².